The number of aromatic nitrogens is 3. The molecule has 1 unspecified atom stereocenters. The number of carbonyl (C=O) groups is 1. The Morgan fingerprint density at radius 1 is 1.33 bits per heavy atom. The van der Waals surface area contributed by atoms with Crippen LogP contribution in [0.2, 0.25) is 0 Å². The second kappa shape index (κ2) is 6.07. The van der Waals surface area contributed by atoms with Crippen molar-refractivity contribution in [3.8, 4) is 0 Å². The van der Waals surface area contributed by atoms with Crippen molar-refractivity contribution in [1.29, 1.82) is 0 Å². The maximum absolute atomic E-state index is 12.5. The molecule has 5 nitrogen and oxygen atoms in total. The Morgan fingerprint density at radius 3 is 3.08 bits per heavy atom. The Labute approximate surface area is 140 Å². The van der Waals surface area contributed by atoms with Gasteiger partial charge in [0, 0.05) is 30.4 Å². The zero-order chi connectivity index (χ0) is 16.5. The molecule has 1 aliphatic rings. The fourth-order valence-corrected chi connectivity index (χ4v) is 3.36. The summed E-state index contributed by atoms with van der Waals surface area (Å²) in [5.41, 5.74) is 5.37. The molecule has 0 fully saturated rings. The smallest absolute Gasteiger partial charge is 0.223 e. The van der Waals surface area contributed by atoms with Gasteiger partial charge in [0.1, 0.15) is 5.65 Å². The van der Waals surface area contributed by atoms with Crippen LogP contribution >= 0.6 is 0 Å². The van der Waals surface area contributed by atoms with Gasteiger partial charge in [-0.2, -0.15) is 0 Å². The molecule has 1 N–H and O–H groups in total. The molecular weight excluding hydrogens is 300 g/mol. The van der Waals surface area contributed by atoms with Crippen LogP contribution in [0, 0.1) is 12.8 Å². The number of fused-ring (bicyclic) bond motifs is 3. The highest BCUT2D eigenvalue weighted by atomic mass is 16.1. The number of nitrogens with zero attached hydrogens (tertiary/aromatic N) is 3. The van der Waals surface area contributed by atoms with Crippen LogP contribution in [0.1, 0.15) is 29.1 Å². The van der Waals surface area contributed by atoms with Crippen molar-refractivity contribution in [2.45, 2.75) is 32.7 Å². The van der Waals surface area contributed by atoms with E-state index in [0.29, 0.717) is 6.54 Å². The van der Waals surface area contributed by atoms with Crippen molar-refractivity contribution in [1.82, 2.24) is 19.7 Å². The number of carbonyl (C=O) groups excluding carboxylic acids is 1. The zero-order valence-corrected chi connectivity index (χ0v) is 13.7. The Bertz CT molecular complexity index is 885. The van der Waals surface area contributed by atoms with Gasteiger partial charge in [-0.3, -0.25) is 9.78 Å². The van der Waals surface area contributed by atoms with E-state index in [-0.39, 0.29) is 11.8 Å². The van der Waals surface area contributed by atoms with Gasteiger partial charge in [0.15, 0.2) is 0 Å². The Kier molecular flexibility index (Phi) is 3.76. The molecule has 0 bridgehead atoms. The summed E-state index contributed by atoms with van der Waals surface area (Å²) in [7, 11) is 0. The number of imidazole rings is 1. The van der Waals surface area contributed by atoms with E-state index in [1.54, 1.807) is 6.20 Å². The normalized spacial score (nSPS) is 16.8. The minimum atomic E-state index is 0.00150. The molecular formula is C19H20N4O. The average Bonchev–Trinajstić information content (AvgIpc) is 2.97. The van der Waals surface area contributed by atoms with Gasteiger partial charge in [-0.15, -0.1) is 0 Å². The Morgan fingerprint density at radius 2 is 2.25 bits per heavy atom. The van der Waals surface area contributed by atoms with E-state index >= 15 is 0 Å². The third kappa shape index (κ3) is 2.77. The highest BCUT2D eigenvalue weighted by molar-refractivity contribution is 5.79. The van der Waals surface area contributed by atoms with Crippen LogP contribution in [0.25, 0.3) is 5.65 Å². The molecule has 4 rings (SSSR count). The standard InChI is InChI=1S/C19H20N4O/c1-13-5-8-18-22-16-7-6-14(10-17(16)23(18)12-13)19(24)21-11-15-4-2-3-9-20-15/h2-5,8-9,12,14H,6-7,10-11H2,1H3,(H,21,24). The summed E-state index contributed by atoms with van der Waals surface area (Å²) in [6.07, 6.45) is 6.31. The molecule has 1 aliphatic carbocycles. The second-order valence-electron chi connectivity index (χ2n) is 6.42. The summed E-state index contributed by atoms with van der Waals surface area (Å²) < 4.78 is 2.14. The van der Waals surface area contributed by atoms with Gasteiger partial charge in [0.2, 0.25) is 5.91 Å². The average molecular weight is 320 g/mol. The summed E-state index contributed by atoms with van der Waals surface area (Å²) in [4.78, 5) is 21.5. The minimum Gasteiger partial charge on any atom is -0.350 e. The van der Waals surface area contributed by atoms with Gasteiger partial charge in [-0.25, -0.2) is 4.98 Å². The Balaban J connectivity index is 1.50. The van der Waals surface area contributed by atoms with Gasteiger partial charge in [0.05, 0.1) is 17.9 Å². The molecule has 0 aliphatic heterocycles. The molecule has 5 heteroatoms. The van der Waals surface area contributed by atoms with Crippen LogP contribution in [-0.4, -0.2) is 20.3 Å². The predicted octanol–water partition coefficient (Wildman–Crippen LogP) is 2.46. The maximum Gasteiger partial charge on any atom is 0.223 e. The van der Waals surface area contributed by atoms with E-state index in [1.165, 1.54) is 11.3 Å². The molecule has 122 valence electrons. The van der Waals surface area contributed by atoms with Gasteiger partial charge in [-0.05, 0) is 43.5 Å². The van der Waals surface area contributed by atoms with Gasteiger partial charge in [0.25, 0.3) is 0 Å². The van der Waals surface area contributed by atoms with Crippen molar-refractivity contribution in [2.24, 2.45) is 5.92 Å². The number of hydrogen-bond acceptors (Lipinski definition) is 3. The number of amides is 1. The molecule has 1 amide bonds. The molecule has 24 heavy (non-hydrogen) atoms. The Hall–Kier alpha value is -2.69. The molecule has 1 atom stereocenters. The second-order valence-corrected chi connectivity index (χ2v) is 6.42. The number of rotatable bonds is 3. The van der Waals surface area contributed by atoms with E-state index < -0.39 is 0 Å². The SMILES string of the molecule is Cc1ccc2nc3c(n2c1)CC(C(=O)NCc1ccccn1)CC3. The molecule has 0 saturated heterocycles. The zero-order valence-electron chi connectivity index (χ0n) is 13.7. The first kappa shape index (κ1) is 14.9. The van der Waals surface area contributed by atoms with E-state index in [9.17, 15) is 4.79 Å². The summed E-state index contributed by atoms with van der Waals surface area (Å²) in [6, 6.07) is 9.85. The minimum absolute atomic E-state index is 0.00150. The molecule has 0 spiro atoms. The van der Waals surface area contributed by atoms with Crippen LogP contribution < -0.4 is 5.32 Å². The van der Waals surface area contributed by atoms with Gasteiger partial charge >= 0.3 is 0 Å². The molecule has 3 aromatic heterocycles. The lowest BCUT2D eigenvalue weighted by molar-refractivity contribution is -0.125. The number of aryl methyl sites for hydroxylation is 2. The quantitative estimate of drug-likeness (QED) is 0.806. The molecule has 3 aromatic rings. The molecule has 0 saturated carbocycles. The summed E-state index contributed by atoms with van der Waals surface area (Å²) in [5.74, 6) is 0.107. The van der Waals surface area contributed by atoms with Crippen molar-refractivity contribution in [2.75, 3.05) is 0 Å². The van der Waals surface area contributed by atoms with Crippen molar-refractivity contribution in [3.63, 3.8) is 0 Å². The first-order valence-electron chi connectivity index (χ1n) is 8.35. The van der Waals surface area contributed by atoms with Crippen LogP contribution in [0.15, 0.2) is 42.7 Å². The highest BCUT2D eigenvalue weighted by Gasteiger charge is 2.27. The fourth-order valence-electron chi connectivity index (χ4n) is 3.36. The summed E-state index contributed by atoms with van der Waals surface area (Å²) >= 11 is 0. The lowest BCUT2D eigenvalue weighted by Crippen LogP contribution is -2.34. The fraction of sp³-hybridized carbons (Fsp3) is 0.316. The largest absolute Gasteiger partial charge is 0.350 e. The third-order valence-electron chi connectivity index (χ3n) is 4.66. The maximum atomic E-state index is 12.5. The monoisotopic (exact) mass is 320 g/mol. The van der Waals surface area contributed by atoms with E-state index in [0.717, 1.165) is 36.3 Å². The summed E-state index contributed by atoms with van der Waals surface area (Å²) in [5, 5.41) is 3.02. The highest BCUT2D eigenvalue weighted by Crippen LogP contribution is 2.26. The lowest BCUT2D eigenvalue weighted by atomic mass is 9.89. The van der Waals surface area contributed by atoms with Crippen LogP contribution in [0.4, 0.5) is 0 Å². The first-order valence-corrected chi connectivity index (χ1v) is 8.35. The molecule has 0 radical (unpaired) electrons. The van der Waals surface area contributed by atoms with Gasteiger partial charge in [-0.1, -0.05) is 12.1 Å². The van der Waals surface area contributed by atoms with Crippen molar-refractivity contribution < 1.29 is 4.79 Å². The van der Waals surface area contributed by atoms with E-state index in [2.05, 4.69) is 33.9 Å². The molecule has 3 heterocycles. The van der Waals surface area contributed by atoms with Crippen LogP contribution in [0.5, 0.6) is 0 Å². The predicted molar refractivity (Wildman–Crippen MR) is 91.5 cm³/mol. The topological polar surface area (TPSA) is 59.3 Å². The lowest BCUT2D eigenvalue weighted by Gasteiger charge is -2.21. The third-order valence-corrected chi connectivity index (χ3v) is 4.66. The van der Waals surface area contributed by atoms with Gasteiger partial charge < -0.3 is 9.72 Å². The van der Waals surface area contributed by atoms with Crippen LogP contribution in [-0.2, 0) is 24.2 Å². The first-order chi connectivity index (χ1) is 11.7. The number of nitrogens with one attached hydrogen (secondary N) is 1. The number of hydrogen-bond donors (Lipinski definition) is 1. The molecule has 0 aromatic carbocycles. The van der Waals surface area contributed by atoms with Crippen molar-refractivity contribution in [3.05, 3.63) is 65.4 Å². The van der Waals surface area contributed by atoms with Crippen molar-refractivity contribution >= 4 is 11.6 Å². The van der Waals surface area contributed by atoms with E-state index in [1.807, 2.05) is 24.3 Å². The number of pyridine rings is 2. The van der Waals surface area contributed by atoms with E-state index in [4.69, 9.17) is 4.98 Å². The summed E-state index contributed by atoms with van der Waals surface area (Å²) in [6.45, 7) is 2.56. The van der Waals surface area contributed by atoms with Crippen LogP contribution in [0.3, 0.4) is 0 Å².